The van der Waals surface area contributed by atoms with E-state index in [-0.39, 0.29) is 17.5 Å². The Kier molecular flexibility index (Phi) is 17.2. The van der Waals surface area contributed by atoms with Gasteiger partial charge in [-0.3, -0.25) is 9.59 Å². The maximum Gasteiger partial charge on any atom is 0.416 e. The summed E-state index contributed by atoms with van der Waals surface area (Å²) in [5.74, 6) is 0.513. The Bertz CT molecular complexity index is 2760. The van der Waals surface area contributed by atoms with E-state index in [9.17, 15) is 115 Å². The molecule has 0 saturated heterocycles. The van der Waals surface area contributed by atoms with Crippen LogP contribution in [0.2, 0.25) is 0 Å². The van der Waals surface area contributed by atoms with Crippen LogP contribution in [0.1, 0.15) is 97.3 Å². The van der Waals surface area contributed by atoms with Gasteiger partial charge >= 0.3 is 49.4 Å². The molecule has 0 unspecified atom stereocenters. The number of benzene rings is 5. The van der Waals surface area contributed by atoms with Crippen LogP contribution in [-0.4, -0.2) is 17.7 Å². The van der Waals surface area contributed by atoms with Gasteiger partial charge in [-0.1, -0.05) is 98.1 Å². The minimum Gasteiger partial charge on any atom is -0.294 e. The number of aromatic nitrogens is 1. The van der Waals surface area contributed by atoms with E-state index in [2.05, 4.69) is 0 Å². The lowest BCUT2D eigenvalue weighted by Crippen LogP contribution is -2.75. The number of alkyl halides is 24. The monoisotopic (exact) mass is 1170 g/mol. The van der Waals surface area contributed by atoms with Crippen LogP contribution in [-0.2, 0) is 56.0 Å². The van der Waals surface area contributed by atoms with Crippen molar-refractivity contribution in [3.05, 3.63) is 183 Å². The quantitative estimate of drug-likeness (QED) is 0.0626. The summed E-state index contributed by atoms with van der Waals surface area (Å²) in [5, 5.41) is 0. The summed E-state index contributed by atoms with van der Waals surface area (Å²) in [5.41, 5.74) is -28.7. The molecular formula is C52H34BF24NO2. The zero-order chi connectivity index (χ0) is 60.0. The molecule has 1 saturated carbocycles. The highest BCUT2D eigenvalue weighted by Crippen LogP contribution is 2.41. The summed E-state index contributed by atoms with van der Waals surface area (Å²) in [6.45, 7) is 0.294. The number of pyridine rings is 1. The number of halogens is 24. The predicted octanol–water partition coefficient (Wildman–Crippen LogP) is 14.8. The van der Waals surface area contributed by atoms with Gasteiger partial charge in [0.1, 0.15) is 6.15 Å². The molecule has 5 aromatic carbocycles. The Morgan fingerprint density at radius 1 is 0.362 bits per heavy atom. The van der Waals surface area contributed by atoms with Crippen molar-refractivity contribution in [1.82, 2.24) is 0 Å². The molecule has 1 aromatic heterocycles. The molecule has 28 heteroatoms. The average Bonchev–Trinajstić information content (AvgIpc) is 3.48. The summed E-state index contributed by atoms with van der Waals surface area (Å²) < 4.78 is 343. The van der Waals surface area contributed by atoms with Crippen LogP contribution in [0.15, 0.2) is 128 Å². The molecule has 6 aromatic rings. The molecule has 0 aliphatic heterocycles. The highest BCUT2D eigenvalue weighted by molar-refractivity contribution is 7.20. The van der Waals surface area contributed by atoms with Gasteiger partial charge in [-0.05, 0) is 37.1 Å². The van der Waals surface area contributed by atoms with Gasteiger partial charge in [-0.15, -0.1) is 0 Å². The maximum atomic E-state index is 14.2. The largest absolute Gasteiger partial charge is 0.416 e. The Labute approximate surface area is 435 Å². The molecule has 1 aliphatic rings. The Morgan fingerprint density at radius 3 is 0.875 bits per heavy atom. The van der Waals surface area contributed by atoms with E-state index in [1.54, 1.807) is 0 Å². The van der Waals surface area contributed by atoms with E-state index in [1.165, 1.54) is 6.42 Å². The molecule has 0 N–H and O–H groups in total. The average molecular weight is 1170 g/mol. The smallest absolute Gasteiger partial charge is 0.294 e. The molecule has 3 nitrogen and oxygen atoms in total. The van der Waals surface area contributed by atoms with E-state index < -0.39 is 195 Å². The fraction of sp³-hybridized carbons (Fsp3) is 0.288. The number of carbonyl (C=O) groups excluding carboxylic acids is 2. The topological polar surface area (TPSA) is 38.0 Å². The molecular weight excluding hydrogens is 1140 g/mol. The molecule has 0 radical (unpaired) electrons. The summed E-state index contributed by atoms with van der Waals surface area (Å²) >= 11 is 0. The van der Waals surface area contributed by atoms with Crippen molar-refractivity contribution in [2.75, 3.05) is 0 Å². The van der Waals surface area contributed by atoms with Gasteiger partial charge in [0.2, 0.25) is 12.3 Å². The fourth-order valence-corrected chi connectivity index (χ4v) is 9.28. The molecule has 1 fully saturated rings. The minimum absolute atomic E-state index is 0.0713. The van der Waals surface area contributed by atoms with Crippen LogP contribution >= 0.6 is 0 Å². The first-order valence-corrected chi connectivity index (χ1v) is 23.0. The standard InChI is InChI=1S/C32H12BF24.C20H22NO2/c34-25(35,36)13-1-14(26(37,38)39)6-21(5-13)33(22-7-15(27(40,41)42)2-16(8-22)28(43,44)45,23-9-17(29(46,47)48)3-18(10-23)30(49,50)51)24-11-19(31(52,53)54)4-20(12-24)32(55,56)57;22-19(16-7-3-1-4-8-16)15-21-13-11-18(12-14-21)20(23)17-9-5-2-6-10-17/h1-12H;1,3-4,7-8,11-14,17H,2,5-6,9-10,15H2/q-1;+1. The maximum absolute atomic E-state index is 14.2. The number of Topliss-reactive ketones (excluding diaryl/α,β-unsaturated/α-hetero) is 2. The number of nitrogens with zero attached hydrogens (tertiary/aromatic N) is 1. The Morgan fingerprint density at radius 2 is 0.625 bits per heavy atom. The van der Waals surface area contributed by atoms with Gasteiger partial charge in [-0.2, -0.15) is 132 Å². The minimum atomic E-state index is -6.13. The zero-order valence-electron chi connectivity index (χ0n) is 39.9. The van der Waals surface area contributed by atoms with Gasteiger partial charge < -0.3 is 0 Å². The lowest BCUT2D eigenvalue weighted by atomic mass is 9.12. The van der Waals surface area contributed by atoms with E-state index in [0.29, 0.717) is 12.1 Å². The van der Waals surface area contributed by atoms with Crippen molar-refractivity contribution in [3.63, 3.8) is 0 Å². The van der Waals surface area contributed by atoms with Crippen molar-refractivity contribution < 1.29 is 120 Å². The van der Waals surface area contributed by atoms with Crippen molar-refractivity contribution in [3.8, 4) is 0 Å². The second-order valence-corrected chi connectivity index (χ2v) is 18.5. The number of carbonyl (C=O) groups is 2. The first-order chi connectivity index (χ1) is 36.5. The second kappa shape index (κ2) is 22.1. The summed E-state index contributed by atoms with van der Waals surface area (Å²) in [7, 11) is 0. The van der Waals surface area contributed by atoms with E-state index in [4.69, 9.17) is 0 Å². The lowest BCUT2D eigenvalue weighted by Gasteiger charge is -2.46. The highest BCUT2D eigenvalue weighted by atomic mass is 19.4. The van der Waals surface area contributed by atoms with Gasteiger partial charge in [-0.25, -0.2) is 0 Å². The van der Waals surface area contributed by atoms with Crippen molar-refractivity contribution in [1.29, 1.82) is 0 Å². The SMILES string of the molecule is FC(F)(F)c1cc([B-](c2cc(C(F)(F)F)cc(C(F)(F)F)c2)(c2cc(C(F)(F)F)cc(C(F)(F)F)c2)c2cc(C(F)(F)F)cc(C(F)(F)F)c2)cc(C(F)(F)F)c1.O=C(C[n+]1ccc(C(=O)C2CCCCC2)cc1)c1ccccc1. The molecule has 1 aliphatic carbocycles. The summed E-state index contributed by atoms with van der Waals surface area (Å²) in [6.07, 6.45) is -45.5. The molecule has 80 heavy (non-hydrogen) atoms. The van der Waals surface area contributed by atoms with Gasteiger partial charge in [0.05, 0.1) is 44.5 Å². The first kappa shape index (κ1) is 62.2. The number of hydrogen-bond acceptors (Lipinski definition) is 2. The normalized spacial score (nSPS) is 14.6. The predicted molar refractivity (Wildman–Crippen MR) is 238 cm³/mol. The van der Waals surface area contributed by atoms with Gasteiger partial charge in [0.25, 0.3) is 0 Å². The molecule has 0 bridgehead atoms. The fourth-order valence-electron chi connectivity index (χ4n) is 9.28. The highest BCUT2D eigenvalue weighted by Gasteiger charge is 2.47. The second-order valence-electron chi connectivity index (χ2n) is 18.5. The first-order valence-electron chi connectivity index (χ1n) is 23.0. The number of ketones is 2. The molecule has 1 heterocycles. The summed E-state index contributed by atoms with van der Waals surface area (Å²) in [6, 6.07) is 4.15. The van der Waals surface area contributed by atoms with Gasteiger partial charge in [0.15, 0.2) is 18.2 Å². The lowest BCUT2D eigenvalue weighted by molar-refractivity contribution is -0.683. The zero-order valence-corrected chi connectivity index (χ0v) is 39.9. The van der Waals surface area contributed by atoms with Crippen molar-refractivity contribution in [2.24, 2.45) is 5.92 Å². The number of hydrogen-bond donors (Lipinski definition) is 0. The van der Waals surface area contributed by atoms with E-state index in [1.807, 2.05) is 59.4 Å². The Hall–Kier alpha value is -7.03. The van der Waals surface area contributed by atoms with E-state index >= 15 is 0 Å². The summed E-state index contributed by atoms with van der Waals surface area (Å²) in [4.78, 5) is 24.7. The van der Waals surface area contributed by atoms with Crippen molar-refractivity contribution >= 4 is 39.6 Å². The van der Waals surface area contributed by atoms with Crippen LogP contribution in [0.5, 0.6) is 0 Å². The number of rotatable bonds is 9. The molecule has 430 valence electrons. The van der Waals surface area contributed by atoms with Gasteiger partial charge in [0, 0.05) is 29.2 Å². The molecule has 0 atom stereocenters. The van der Waals surface area contributed by atoms with Crippen LogP contribution in [0.25, 0.3) is 0 Å². The van der Waals surface area contributed by atoms with Crippen molar-refractivity contribution in [2.45, 2.75) is 88.1 Å². The molecule has 0 spiro atoms. The van der Waals surface area contributed by atoms with E-state index in [0.717, 1.165) is 31.2 Å². The van der Waals surface area contributed by atoms with Crippen LogP contribution in [0.3, 0.4) is 0 Å². The van der Waals surface area contributed by atoms with Crippen LogP contribution in [0.4, 0.5) is 105 Å². The van der Waals surface area contributed by atoms with Crippen LogP contribution in [0, 0.1) is 5.92 Å². The molecule has 0 amide bonds. The molecule has 7 rings (SSSR count). The Balaban J connectivity index is 0.000000370. The third kappa shape index (κ3) is 14.5. The van der Waals surface area contributed by atoms with Crippen LogP contribution < -0.4 is 26.4 Å². The third-order valence-electron chi connectivity index (χ3n) is 13.0. The third-order valence-corrected chi connectivity index (χ3v) is 13.0.